The van der Waals surface area contributed by atoms with Crippen LogP contribution in [-0.2, 0) is 0 Å². The van der Waals surface area contributed by atoms with E-state index in [0.717, 1.165) is 16.9 Å². The summed E-state index contributed by atoms with van der Waals surface area (Å²) in [6.45, 7) is 0. The summed E-state index contributed by atoms with van der Waals surface area (Å²) in [5.74, 6) is 1.08. The molecule has 0 spiro atoms. The smallest absolute Gasteiger partial charge is 0.272 e. The minimum absolute atomic E-state index is 0.331. The van der Waals surface area contributed by atoms with Gasteiger partial charge in [-0.15, -0.1) is 0 Å². The fraction of sp³-hybridized carbons (Fsp3) is 0.0800. The molecule has 154 valence electrons. The molecule has 3 aromatic carbocycles. The van der Waals surface area contributed by atoms with Gasteiger partial charge in [0.1, 0.15) is 11.5 Å². The number of hydrogen-bond acceptors (Lipinski definition) is 5. The lowest BCUT2D eigenvalue weighted by atomic mass is 10.0. The Balaban J connectivity index is 1.67. The van der Waals surface area contributed by atoms with Gasteiger partial charge in [0.15, 0.2) is 0 Å². The van der Waals surface area contributed by atoms with Crippen LogP contribution in [0.25, 0.3) is 22.2 Å². The quantitative estimate of drug-likeness (QED) is 0.369. The largest absolute Gasteiger partial charge is 0.497 e. The van der Waals surface area contributed by atoms with Gasteiger partial charge in [-0.3, -0.25) is 4.79 Å². The minimum atomic E-state index is -0.331. The molecule has 1 N–H and O–H groups in total. The molecular weight excluding hydrogens is 390 g/mol. The third-order valence-electron chi connectivity index (χ3n) is 4.83. The lowest BCUT2D eigenvalue weighted by Crippen LogP contribution is -2.18. The Morgan fingerprint density at radius 1 is 0.903 bits per heavy atom. The summed E-state index contributed by atoms with van der Waals surface area (Å²) in [6.07, 6.45) is 1.58. The second-order valence-electron chi connectivity index (χ2n) is 6.78. The molecule has 0 unspecified atom stereocenters. The summed E-state index contributed by atoms with van der Waals surface area (Å²) >= 11 is 0. The van der Waals surface area contributed by atoms with Crippen molar-refractivity contribution in [3.63, 3.8) is 0 Å². The number of rotatable bonds is 6. The maximum absolute atomic E-state index is 13.0. The van der Waals surface area contributed by atoms with Crippen LogP contribution in [0.2, 0.25) is 0 Å². The van der Waals surface area contributed by atoms with E-state index in [1.807, 2.05) is 66.7 Å². The van der Waals surface area contributed by atoms with Gasteiger partial charge < -0.3 is 9.47 Å². The Bertz CT molecular complexity index is 1240. The number of hydrazone groups is 1. The van der Waals surface area contributed by atoms with E-state index in [4.69, 9.17) is 14.5 Å². The van der Waals surface area contributed by atoms with Crippen LogP contribution in [0.4, 0.5) is 0 Å². The van der Waals surface area contributed by atoms with Crippen LogP contribution in [0.1, 0.15) is 15.9 Å². The number of fused-ring (bicyclic) bond motifs is 1. The summed E-state index contributed by atoms with van der Waals surface area (Å²) in [5, 5.41) is 4.80. The molecule has 1 aromatic heterocycles. The molecule has 0 atom stereocenters. The third-order valence-corrected chi connectivity index (χ3v) is 4.83. The van der Waals surface area contributed by atoms with Gasteiger partial charge in [-0.25, -0.2) is 10.4 Å². The fourth-order valence-electron chi connectivity index (χ4n) is 3.19. The number of pyridine rings is 1. The van der Waals surface area contributed by atoms with Gasteiger partial charge in [-0.2, -0.15) is 5.10 Å². The van der Waals surface area contributed by atoms with Crippen LogP contribution in [0.15, 0.2) is 84.0 Å². The number of nitrogens with zero attached hydrogens (tertiary/aromatic N) is 2. The average Bonchev–Trinajstić information content (AvgIpc) is 2.83. The Kier molecular flexibility index (Phi) is 5.89. The fourth-order valence-corrected chi connectivity index (χ4v) is 3.19. The van der Waals surface area contributed by atoms with Crippen molar-refractivity contribution in [1.82, 2.24) is 10.4 Å². The molecule has 0 saturated carbocycles. The van der Waals surface area contributed by atoms with Crippen LogP contribution in [-0.4, -0.2) is 31.3 Å². The molecule has 0 fully saturated rings. The molecule has 31 heavy (non-hydrogen) atoms. The highest BCUT2D eigenvalue weighted by molar-refractivity contribution is 6.07. The molecule has 4 rings (SSSR count). The highest BCUT2D eigenvalue weighted by atomic mass is 16.5. The van der Waals surface area contributed by atoms with Gasteiger partial charge in [0.05, 0.1) is 37.2 Å². The lowest BCUT2D eigenvalue weighted by Gasteiger charge is -2.10. The Hall–Kier alpha value is -4.19. The average molecular weight is 411 g/mol. The molecule has 0 aliphatic heterocycles. The van der Waals surface area contributed by atoms with Crippen molar-refractivity contribution in [3.8, 4) is 22.8 Å². The van der Waals surface area contributed by atoms with Gasteiger partial charge in [-0.05, 0) is 54.1 Å². The number of aromatic nitrogens is 1. The Labute approximate surface area is 180 Å². The first-order valence-corrected chi connectivity index (χ1v) is 9.69. The predicted octanol–water partition coefficient (Wildman–Crippen LogP) is 4.68. The standard InChI is InChI=1S/C25H21N3O3/c1-30-19-10-8-17(9-11-19)16-26-28-25(29)22-15-24(18-6-4-3-5-7-18)27-23-13-12-20(31-2)14-21(22)23/h3-16H,1-2H3,(H,28,29). The van der Waals surface area contributed by atoms with Crippen LogP contribution >= 0.6 is 0 Å². The van der Waals surface area contributed by atoms with E-state index in [0.29, 0.717) is 27.9 Å². The normalized spacial score (nSPS) is 10.9. The molecule has 0 aliphatic carbocycles. The zero-order valence-corrected chi connectivity index (χ0v) is 17.2. The number of benzene rings is 3. The maximum atomic E-state index is 13.0. The predicted molar refractivity (Wildman–Crippen MR) is 122 cm³/mol. The molecule has 0 aliphatic rings. The first kappa shape index (κ1) is 20.1. The molecular formula is C25H21N3O3. The number of carbonyl (C=O) groups excluding carboxylic acids is 1. The van der Waals surface area contributed by atoms with E-state index in [1.165, 1.54) is 0 Å². The van der Waals surface area contributed by atoms with E-state index in [9.17, 15) is 4.79 Å². The van der Waals surface area contributed by atoms with Crippen molar-refractivity contribution in [2.45, 2.75) is 0 Å². The van der Waals surface area contributed by atoms with Crippen molar-refractivity contribution >= 4 is 23.0 Å². The topological polar surface area (TPSA) is 72.8 Å². The number of amides is 1. The SMILES string of the molecule is COc1ccc(C=NNC(=O)c2cc(-c3ccccc3)nc3ccc(OC)cc23)cc1. The molecule has 0 saturated heterocycles. The second kappa shape index (κ2) is 9.09. The van der Waals surface area contributed by atoms with Crippen molar-refractivity contribution in [2.24, 2.45) is 5.10 Å². The molecule has 4 aromatic rings. The number of ether oxygens (including phenoxy) is 2. The highest BCUT2D eigenvalue weighted by Crippen LogP contribution is 2.27. The van der Waals surface area contributed by atoms with Crippen molar-refractivity contribution in [3.05, 3.63) is 90.0 Å². The van der Waals surface area contributed by atoms with E-state index < -0.39 is 0 Å². The van der Waals surface area contributed by atoms with Crippen LogP contribution < -0.4 is 14.9 Å². The van der Waals surface area contributed by atoms with Gasteiger partial charge in [0, 0.05) is 10.9 Å². The van der Waals surface area contributed by atoms with Crippen molar-refractivity contribution in [2.75, 3.05) is 14.2 Å². The molecule has 6 heteroatoms. The minimum Gasteiger partial charge on any atom is -0.497 e. The van der Waals surface area contributed by atoms with Gasteiger partial charge in [0.25, 0.3) is 5.91 Å². The molecule has 0 bridgehead atoms. The molecule has 1 heterocycles. The van der Waals surface area contributed by atoms with Crippen molar-refractivity contribution in [1.29, 1.82) is 0 Å². The summed E-state index contributed by atoms with van der Waals surface area (Å²) in [4.78, 5) is 17.7. The number of hydrogen-bond donors (Lipinski definition) is 1. The zero-order valence-electron chi connectivity index (χ0n) is 17.2. The summed E-state index contributed by atoms with van der Waals surface area (Å²) in [7, 11) is 3.20. The van der Waals surface area contributed by atoms with Gasteiger partial charge in [-0.1, -0.05) is 30.3 Å². The number of methoxy groups -OCH3 is 2. The summed E-state index contributed by atoms with van der Waals surface area (Å²) < 4.78 is 10.5. The second-order valence-corrected chi connectivity index (χ2v) is 6.78. The molecule has 0 radical (unpaired) electrons. The highest BCUT2D eigenvalue weighted by Gasteiger charge is 2.14. The van der Waals surface area contributed by atoms with Crippen molar-refractivity contribution < 1.29 is 14.3 Å². The Morgan fingerprint density at radius 2 is 1.61 bits per heavy atom. The lowest BCUT2D eigenvalue weighted by molar-refractivity contribution is 0.0956. The number of nitrogens with one attached hydrogen (secondary N) is 1. The molecule has 6 nitrogen and oxygen atoms in total. The first-order valence-electron chi connectivity index (χ1n) is 9.69. The van der Waals surface area contributed by atoms with Crippen LogP contribution in [0.3, 0.4) is 0 Å². The van der Waals surface area contributed by atoms with Gasteiger partial charge >= 0.3 is 0 Å². The van der Waals surface area contributed by atoms with Crippen LogP contribution in [0.5, 0.6) is 11.5 Å². The van der Waals surface area contributed by atoms with E-state index in [-0.39, 0.29) is 5.91 Å². The number of carbonyl (C=O) groups is 1. The maximum Gasteiger partial charge on any atom is 0.272 e. The first-order chi connectivity index (χ1) is 15.2. The molecule has 1 amide bonds. The van der Waals surface area contributed by atoms with E-state index >= 15 is 0 Å². The summed E-state index contributed by atoms with van der Waals surface area (Å²) in [5.41, 5.74) is 6.26. The third kappa shape index (κ3) is 4.53. The zero-order chi connectivity index (χ0) is 21.6. The van der Waals surface area contributed by atoms with E-state index in [1.54, 1.807) is 32.6 Å². The monoisotopic (exact) mass is 411 g/mol. The van der Waals surface area contributed by atoms with Gasteiger partial charge in [0.2, 0.25) is 0 Å². The Morgan fingerprint density at radius 3 is 2.32 bits per heavy atom. The summed E-state index contributed by atoms with van der Waals surface area (Å²) in [6, 6.07) is 24.4. The van der Waals surface area contributed by atoms with Crippen LogP contribution in [0, 0.1) is 0 Å². The van der Waals surface area contributed by atoms with E-state index in [2.05, 4.69) is 10.5 Å².